The molecule has 0 bridgehead atoms. The number of nitrogens with one attached hydrogen (secondary N) is 1. The Balaban J connectivity index is 1.96. The monoisotopic (exact) mass is 317 g/mol. The second-order valence-corrected chi connectivity index (χ2v) is 6.05. The van der Waals surface area contributed by atoms with E-state index in [1.165, 1.54) is 6.92 Å². The van der Waals surface area contributed by atoms with Crippen LogP contribution in [0.3, 0.4) is 0 Å². The molecular formula is C16H20FN5O. The lowest BCUT2D eigenvalue weighted by molar-refractivity contribution is 0.124. The van der Waals surface area contributed by atoms with Gasteiger partial charge in [-0.05, 0) is 25.0 Å². The van der Waals surface area contributed by atoms with Gasteiger partial charge in [0.2, 0.25) is 11.9 Å². The van der Waals surface area contributed by atoms with E-state index in [9.17, 15) is 9.50 Å². The molecule has 2 aromatic rings. The van der Waals surface area contributed by atoms with E-state index in [1.807, 2.05) is 32.0 Å². The van der Waals surface area contributed by atoms with Gasteiger partial charge < -0.3 is 16.2 Å². The highest BCUT2D eigenvalue weighted by atomic mass is 19.1. The smallest absolute Gasteiger partial charge is 0.228 e. The number of anilines is 2. The molecule has 1 aliphatic rings. The normalized spacial score (nSPS) is 24.3. The van der Waals surface area contributed by atoms with Crippen LogP contribution in [-0.4, -0.2) is 20.1 Å². The van der Waals surface area contributed by atoms with Crippen molar-refractivity contribution in [3.8, 4) is 0 Å². The van der Waals surface area contributed by atoms with Crippen molar-refractivity contribution in [1.82, 2.24) is 15.0 Å². The minimum atomic E-state index is -1.33. The molecule has 0 fully saturated rings. The number of aromatic nitrogens is 3. The molecular weight excluding hydrogens is 297 g/mol. The first-order chi connectivity index (χ1) is 10.9. The molecule has 4 atom stereocenters. The van der Waals surface area contributed by atoms with E-state index < -0.39 is 12.3 Å². The number of fused-ring (bicyclic) bond motifs is 1. The molecule has 1 aromatic carbocycles. The molecule has 0 saturated carbocycles. The summed E-state index contributed by atoms with van der Waals surface area (Å²) in [5.74, 6) is 0.111. The number of nitrogens with zero attached hydrogens (tertiary/aromatic N) is 3. The molecule has 0 radical (unpaired) electrons. The number of halogens is 1. The molecule has 7 heteroatoms. The number of benzene rings is 1. The third-order valence-electron chi connectivity index (χ3n) is 4.23. The number of hydrogen-bond acceptors (Lipinski definition) is 6. The Morgan fingerprint density at radius 2 is 2.00 bits per heavy atom. The maximum absolute atomic E-state index is 13.5. The van der Waals surface area contributed by atoms with Gasteiger partial charge in [0.05, 0.1) is 12.1 Å². The minimum Gasteiger partial charge on any atom is -0.388 e. The van der Waals surface area contributed by atoms with Crippen LogP contribution < -0.4 is 11.1 Å². The van der Waals surface area contributed by atoms with E-state index in [4.69, 9.17) is 5.73 Å². The molecule has 23 heavy (non-hydrogen) atoms. The predicted molar refractivity (Wildman–Crippen MR) is 85.4 cm³/mol. The Bertz CT molecular complexity index is 736. The summed E-state index contributed by atoms with van der Waals surface area (Å²) >= 11 is 0. The summed E-state index contributed by atoms with van der Waals surface area (Å²) in [6.45, 7) is 5.29. The fourth-order valence-corrected chi connectivity index (χ4v) is 2.98. The van der Waals surface area contributed by atoms with Gasteiger partial charge in [0, 0.05) is 5.92 Å². The third kappa shape index (κ3) is 2.84. The third-order valence-corrected chi connectivity index (χ3v) is 4.23. The van der Waals surface area contributed by atoms with Gasteiger partial charge in [-0.15, -0.1) is 0 Å². The quantitative estimate of drug-likeness (QED) is 0.805. The Labute approximate surface area is 134 Å². The number of aliphatic hydroxyl groups is 1. The molecule has 1 aromatic heterocycles. The average Bonchev–Trinajstić information content (AvgIpc) is 2.71. The summed E-state index contributed by atoms with van der Waals surface area (Å²) in [4.78, 5) is 11.9. The van der Waals surface area contributed by atoms with Crippen LogP contribution in [0.25, 0.3) is 0 Å². The largest absolute Gasteiger partial charge is 0.388 e. The lowest BCUT2D eigenvalue weighted by Gasteiger charge is -2.20. The van der Waals surface area contributed by atoms with E-state index in [0.29, 0.717) is 0 Å². The lowest BCUT2D eigenvalue weighted by Crippen LogP contribution is -2.19. The van der Waals surface area contributed by atoms with Crippen LogP contribution in [0.5, 0.6) is 0 Å². The van der Waals surface area contributed by atoms with Gasteiger partial charge in [-0.1, -0.05) is 30.7 Å². The second kappa shape index (κ2) is 5.73. The summed E-state index contributed by atoms with van der Waals surface area (Å²) in [7, 11) is 0. The summed E-state index contributed by atoms with van der Waals surface area (Å²) in [5.41, 5.74) is 8.63. The fraction of sp³-hybridized carbons (Fsp3) is 0.438. The van der Waals surface area contributed by atoms with Crippen molar-refractivity contribution in [2.24, 2.45) is 5.92 Å². The van der Waals surface area contributed by atoms with Crippen molar-refractivity contribution in [3.05, 3.63) is 40.7 Å². The molecule has 0 amide bonds. The van der Waals surface area contributed by atoms with Crippen molar-refractivity contribution in [2.45, 2.75) is 39.1 Å². The summed E-state index contributed by atoms with van der Waals surface area (Å²) in [6.07, 6.45) is -1.90. The molecule has 1 aliphatic carbocycles. The van der Waals surface area contributed by atoms with Crippen LogP contribution in [0, 0.1) is 12.8 Å². The molecule has 122 valence electrons. The number of aryl methyl sites for hydroxylation is 1. The first kappa shape index (κ1) is 15.6. The van der Waals surface area contributed by atoms with Crippen LogP contribution >= 0.6 is 0 Å². The first-order valence-electron chi connectivity index (χ1n) is 7.57. The van der Waals surface area contributed by atoms with E-state index in [1.54, 1.807) is 0 Å². The van der Waals surface area contributed by atoms with Crippen LogP contribution in [0.15, 0.2) is 18.2 Å². The van der Waals surface area contributed by atoms with E-state index >= 15 is 0 Å². The fourth-order valence-electron chi connectivity index (χ4n) is 2.98. The van der Waals surface area contributed by atoms with Gasteiger partial charge in [0.25, 0.3) is 0 Å². The van der Waals surface area contributed by atoms with Crippen molar-refractivity contribution in [1.29, 1.82) is 0 Å². The van der Waals surface area contributed by atoms with Gasteiger partial charge >= 0.3 is 0 Å². The van der Waals surface area contributed by atoms with Crippen LogP contribution in [0.1, 0.15) is 54.7 Å². The van der Waals surface area contributed by atoms with Crippen molar-refractivity contribution >= 4 is 11.9 Å². The van der Waals surface area contributed by atoms with E-state index in [2.05, 4.69) is 20.3 Å². The highest BCUT2D eigenvalue weighted by Gasteiger charge is 2.37. The molecule has 1 heterocycles. The maximum Gasteiger partial charge on any atom is 0.228 e. The van der Waals surface area contributed by atoms with Gasteiger partial charge in [0.15, 0.2) is 12.0 Å². The Morgan fingerprint density at radius 1 is 1.26 bits per heavy atom. The SMILES string of the molecule is Cc1ccc2c(c1)[C@H](Nc1nc(N)nc([C@@H](C)F)n1)[C@@H](C)C2O. The van der Waals surface area contributed by atoms with Crippen molar-refractivity contribution in [3.63, 3.8) is 0 Å². The minimum absolute atomic E-state index is 0.00401. The zero-order valence-electron chi connectivity index (χ0n) is 13.3. The molecule has 1 unspecified atom stereocenters. The predicted octanol–water partition coefficient (Wildman–Crippen LogP) is 2.63. The number of hydrogen-bond donors (Lipinski definition) is 3. The standard InChI is InChI=1S/C16H20FN5O/c1-7-4-5-10-11(6-7)12(8(2)13(10)23)19-16-21-14(9(3)17)20-15(18)22-16/h4-6,8-9,12-13,23H,1-3H3,(H3,18,19,20,21,22)/t8-,9-,12-,13?/m1/s1. The first-order valence-corrected chi connectivity index (χ1v) is 7.57. The number of nitrogens with two attached hydrogens (primary N) is 1. The van der Waals surface area contributed by atoms with Crippen molar-refractivity contribution < 1.29 is 9.50 Å². The summed E-state index contributed by atoms with van der Waals surface area (Å²) in [5, 5.41) is 13.6. The van der Waals surface area contributed by atoms with Crippen molar-refractivity contribution in [2.75, 3.05) is 11.1 Å². The van der Waals surface area contributed by atoms with Crippen LogP contribution in [0.2, 0.25) is 0 Å². The zero-order chi connectivity index (χ0) is 16.7. The number of aliphatic hydroxyl groups excluding tert-OH is 1. The van der Waals surface area contributed by atoms with Crippen LogP contribution in [-0.2, 0) is 0 Å². The van der Waals surface area contributed by atoms with Crippen LogP contribution in [0.4, 0.5) is 16.3 Å². The van der Waals surface area contributed by atoms with E-state index in [-0.39, 0.29) is 29.7 Å². The number of rotatable bonds is 3. The Hall–Kier alpha value is -2.28. The maximum atomic E-state index is 13.5. The van der Waals surface area contributed by atoms with Gasteiger partial charge in [0.1, 0.15) is 0 Å². The van der Waals surface area contributed by atoms with Gasteiger partial charge in [-0.3, -0.25) is 0 Å². The molecule has 0 spiro atoms. The molecule has 4 N–H and O–H groups in total. The molecule has 3 rings (SSSR count). The Morgan fingerprint density at radius 3 is 2.70 bits per heavy atom. The highest BCUT2D eigenvalue weighted by molar-refractivity contribution is 5.45. The second-order valence-electron chi connectivity index (χ2n) is 6.05. The van der Waals surface area contributed by atoms with E-state index in [0.717, 1.165) is 16.7 Å². The lowest BCUT2D eigenvalue weighted by atomic mass is 10.0. The molecule has 0 saturated heterocycles. The number of alkyl halides is 1. The molecule has 0 aliphatic heterocycles. The Kier molecular flexibility index (Phi) is 3.89. The zero-order valence-corrected chi connectivity index (χ0v) is 13.3. The van der Waals surface area contributed by atoms with Gasteiger partial charge in [-0.25, -0.2) is 4.39 Å². The topological polar surface area (TPSA) is 97.0 Å². The summed E-state index contributed by atoms with van der Waals surface area (Å²) < 4.78 is 13.5. The average molecular weight is 317 g/mol. The van der Waals surface area contributed by atoms with Gasteiger partial charge in [-0.2, -0.15) is 15.0 Å². The molecule has 6 nitrogen and oxygen atoms in total. The highest BCUT2D eigenvalue weighted by Crippen LogP contribution is 2.45. The summed E-state index contributed by atoms with van der Waals surface area (Å²) in [6, 6.07) is 5.76. The number of nitrogen functional groups attached to an aromatic ring is 1.